The Balaban J connectivity index is 1.56. The van der Waals surface area contributed by atoms with Crippen molar-refractivity contribution < 1.29 is 9.53 Å². The average Bonchev–Trinajstić information content (AvgIpc) is 3.05. The largest absolute Gasteiger partial charge is 0.462 e. The summed E-state index contributed by atoms with van der Waals surface area (Å²) in [4.78, 5) is 11.7. The van der Waals surface area contributed by atoms with Crippen LogP contribution < -0.4 is 0 Å². The van der Waals surface area contributed by atoms with Crippen molar-refractivity contribution in [3.8, 4) is 0 Å². The van der Waals surface area contributed by atoms with Crippen LogP contribution in [0, 0.1) is 51.8 Å². The Bertz CT molecular complexity index is 838. The lowest BCUT2D eigenvalue weighted by molar-refractivity contribution is -0.157. The summed E-state index contributed by atoms with van der Waals surface area (Å²) in [6, 6.07) is 0. The third-order valence-electron chi connectivity index (χ3n) is 12.1. The summed E-state index contributed by atoms with van der Waals surface area (Å²) in [5.74, 6) is 3.90. The van der Waals surface area contributed by atoms with Crippen LogP contribution in [-0.2, 0) is 9.53 Å². The van der Waals surface area contributed by atoms with Crippen LogP contribution in [0.3, 0.4) is 0 Å². The van der Waals surface area contributed by atoms with Crippen LogP contribution in [0.25, 0.3) is 0 Å². The Morgan fingerprint density at radius 1 is 1.09 bits per heavy atom. The molecule has 0 saturated heterocycles. The standard InChI is InChI=1S/C32H52O2/c1-20(2)21(3)10-11-22(4)25-14-18-32(9)28-13-12-26-23(5)29(34-24(6)33)16-17-30(26,7)27(28)15-19-31(25,32)8/h15,20,22-23,25-26,28-29H,3,10-14,16-19H2,1-2,4-9H3. The van der Waals surface area contributed by atoms with Gasteiger partial charge in [-0.3, -0.25) is 4.79 Å². The maximum Gasteiger partial charge on any atom is 0.302 e. The molecule has 0 aromatic carbocycles. The number of hydrogen-bond acceptors (Lipinski definition) is 2. The number of fused-ring (bicyclic) bond motifs is 5. The second-order valence-corrected chi connectivity index (χ2v) is 13.9. The van der Waals surface area contributed by atoms with E-state index in [4.69, 9.17) is 4.74 Å². The van der Waals surface area contributed by atoms with E-state index in [0.717, 1.165) is 24.2 Å². The van der Waals surface area contributed by atoms with Crippen LogP contribution in [0.4, 0.5) is 0 Å². The first kappa shape index (κ1) is 26.0. The molecule has 3 saturated carbocycles. The third-order valence-corrected chi connectivity index (χ3v) is 12.1. The van der Waals surface area contributed by atoms with E-state index in [0.29, 0.717) is 28.6 Å². The van der Waals surface area contributed by atoms with Crippen LogP contribution in [-0.4, -0.2) is 12.1 Å². The van der Waals surface area contributed by atoms with Crippen LogP contribution in [0.15, 0.2) is 23.8 Å². The van der Waals surface area contributed by atoms with E-state index in [1.54, 1.807) is 12.5 Å². The van der Waals surface area contributed by atoms with Crippen LogP contribution >= 0.6 is 0 Å². The fraction of sp³-hybridized carbons (Fsp3) is 0.844. The van der Waals surface area contributed by atoms with Crippen molar-refractivity contribution >= 4 is 5.97 Å². The second kappa shape index (κ2) is 9.11. The molecule has 3 fully saturated rings. The van der Waals surface area contributed by atoms with E-state index in [2.05, 4.69) is 61.1 Å². The van der Waals surface area contributed by atoms with E-state index in [9.17, 15) is 4.79 Å². The molecule has 0 N–H and O–H groups in total. The molecule has 192 valence electrons. The zero-order valence-electron chi connectivity index (χ0n) is 23.5. The summed E-state index contributed by atoms with van der Waals surface area (Å²) in [5, 5.41) is 0. The Kier molecular flexibility index (Phi) is 6.98. The van der Waals surface area contributed by atoms with E-state index in [1.165, 1.54) is 56.9 Å². The van der Waals surface area contributed by atoms with Crippen molar-refractivity contribution in [2.24, 2.45) is 51.8 Å². The molecule has 0 amide bonds. The quantitative estimate of drug-likeness (QED) is 0.288. The third kappa shape index (κ3) is 3.94. The van der Waals surface area contributed by atoms with Gasteiger partial charge in [0.1, 0.15) is 6.10 Å². The lowest BCUT2D eigenvalue weighted by Gasteiger charge is -2.62. The summed E-state index contributed by atoms with van der Waals surface area (Å²) in [6.45, 7) is 23.3. The number of allylic oxidation sites excluding steroid dienone is 3. The smallest absolute Gasteiger partial charge is 0.302 e. The van der Waals surface area contributed by atoms with Gasteiger partial charge in [-0.2, -0.15) is 0 Å². The van der Waals surface area contributed by atoms with Crippen LogP contribution in [0.2, 0.25) is 0 Å². The molecule has 4 aliphatic rings. The van der Waals surface area contributed by atoms with Gasteiger partial charge in [-0.25, -0.2) is 0 Å². The molecular weight excluding hydrogens is 416 g/mol. The predicted octanol–water partition coefficient (Wildman–Crippen LogP) is 8.76. The van der Waals surface area contributed by atoms with E-state index < -0.39 is 0 Å². The molecule has 4 aliphatic carbocycles. The summed E-state index contributed by atoms with van der Waals surface area (Å²) < 4.78 is 5.77. The van der Waals surface area contributed by atoms with Gasteiger partial charge in [-0.1, -0.05) is 72.3 Å². The fourth-order valence-corrected chi connectivity index (χ4v) is 9.56. The molecule has 0 aliphatic heterocycles. The van der Waals surface area contributed by atoms with Crippen molar-refractivity contribution in [1.29, 1.82) is 0 Å². The van der Waals surface area contributed by atoms with Crippen molar-refractivity contribution in [2.45, 2.75) is 119 Å². The first-order valence-electron chi connectivity index (χ1n) is 14.4. The van der Waals surface area contributed by atoms with E-state index >= 15 is 0 Å². The lowest BCUT2D eigenvalue weighted by Crippen LogP contribution is -2.55. The maximum atomic E-state index is 11.7. The highest BCUT2D eigenvalue weighted by molar-refractivity contribution is 5.66. The Morgan fingerprint density at radius 3 is 2.44 bits per heavy atom. The monoisotopic (exact) mass is 468 g/mol. The zero-order valence-corrected chi connectivity index (χ0v) is 23.5. The second-order valence-electron chi connectivity index (χ2n) is 13.9. The number of esters is 1. The van der Waals surface area contributed by atoms with Crippen molar-refractivity contribution in [1.82, 2.24) is 0 Å². The van der Waals surface area contributed by atoms with Gasteiger partial charge in [0, 0.05) is 6.92 Å². The highest BCUT2D eigenvalue weighted by Gasteiger charge is 2.64. The summed E-state index contributed by atoms with van der Waals surface area (Å²) in [5.41, 5.74) is 4.31. The van der Waals surface area contributed by atoms with Crippen molar-refractivity contribution in [3.05, 3.63) is 23.8 Å². The summed E-state index contributed by atoms with van der Waals surface area (Å²) in [7, 11) is 0. The number of hydrogen-bond donors (Lipinski definition) is 0. The molecule has 0 aromatic heterocycles. The lowest BCUT2D eigenvalue weighted by atomic mass is 9.43. The summed E-state index contributed by atoms with van der Waals surface area (Å²) in [6.07, 6.45) is 14.2. The molecule has 0 bridgehead atoms. The number of rotatable bonds is 6. The van der Waals surface area contributed by atoms with Gasteiger partial charge in [0.05, 0.1) is 0 Å². The first-order valence-corrected chi connectivity index (χ1v) is 14.4. The summed E-state index contributed by atoms with van der Waals surface area (Å²) >= 11 is 0. The fourth-order valence-electron chi connectivity index (χ4n) is 9.56. The topological polar surface area (TPSA) is 26.3 Å². The normalized spacial score (nSPS) is 44.5. The molecule has 9 unspecified atom stereocenters. The van der Waals surface area contributed by atoms with E-state index in [-0.39, 0.29) is 17.5 Å². The molecular formula is C32H52O2. The van der Waals surface area contributed by atoms with Gasteiger partial charge in [-0.15, -0.1) is 0 Å². The van der Waals surface area contributed by atoms with Crippen molar-refractivity contribution in [3.63, 3.8) is 0 Å². The maximum absolute atomic E-state index is 11.7. The average molecular weight is 469 g/mol. The Labute approximate surface area is 210 Å². The van der Waals surface area contributed by atoms with Gasteiger partial charge >= 0.3 is 5.97 Å². The van der Waals surface area contributed by atoms with Gasteiger partial charge in [0.2, 0.25) is 0 Å². The zero-order chi connectivity index (χ0) is 25.1. The van der Waals surface area contributed by atoms with Crippen molar-refractivity contribution in [2.75, 3.05) is 0 Å². The highest BCUT2D eigenvalue weighted by atomic mass is 16.5. The SMILES string of the molecule is C=C(CCC(C)C1CCC2(C)C3CCC4C(C)C(OC(C)=O)CCC4(C)C3=CCC12C)C(C)C. The molecule has 2 heteroatoms. The van der Waals surface area contributed by atoms with Gasteiger partial charge < -0.3 is 4.74 Å². The van der Waals surface area contributed by atoms with Gasteiger partial charge in [0.25, 0.3) is 0 Å². The predicted molar refractivity (Wildman–Crippen MR) is 142 cm³/mol. The highest BCUT2D eigenvalue weighted by Crippen LogP contribution is 2.72. The molecule has 0 heterocycles. The first-order chi connectivity index (χ1) is 15.8. The number of ether oxygens (including phenoxy) is 1. The van der Waals surface area contributed by atoms with Gasteiger partial charge in [0.15, 0.2) is 0 Å². The molecule has 34 heavy (non-hydrogen) atoms. The Hall–Kier alpha value is -1.05. The minimum atomic E-state index is -0.114. The van der Waals surface area contributed by atoms with Crippen LogP contribution in [0.5, 0.6) is 0 Å². The molecule has 2 nitrogen and oxygen atoms in total. The number of carbonyl (C=O) groups is 1. The van der Waals surface area contributed by atoms with Gasteiger partial charge in [-0.05, 0) is 110 Å². The minimum Gasteiger partial charge on any atom is -0.462 e. The minimum absolute atomic E-state index is 0.106. The molecule has 0 radical (unpaired) electrons. The Morgan fingerprint density at radius 2 is 1.79 bits per heavy atom. The molecule has 9 atom stereocenters. The molecule has 0 aromatic rings. The molecule has 0 spiro atoms. The number of carbonyl (C=O) groups excluding carboxylic acids is 1. The van der Waals surface area contributed by atoms with E-state index in [1.807, 2.05) is 0 Å². The molecule has 4 rings (SSSR count). The van der Waals surface area contributed by atoms with Crippen LogP contribution in [0.1, 0.15) is 113 Å².